The normalized spacial score (nSPS) is 11.9. The summed E-state index contributed by atoms with van der Waals surface area (Å²) < 4.78 is 24.8. The lowest BCUT2D eigenvalue weighted by Gasteiger charge is -2.10. The zero-order valence-electron chi connectivity index (χ0n) is 15.0. The number of nitrogens with one attached hydrogen (secondary N) is 1. The Hall–Kier alpha value is -2.74. The van der Waals surface area contributed by atoms with Crippen LogP contribution in [0.1, 0.15) is 35.9 Å². The van der Waals surface area contributed by atoms with Crippen molar-refractivity contribution in [3.63, 3.8) is 0 Å². The number of pyridine rings is 1. The average Bonchev–Trinajstić information content (AvgIpc) is 2.96. The number of rotatable bonds is 4. The molecule has 1 aromatic carbocycles. The van der Waals surface area contributed by atoms with E-state index in [1.807, 2.05) is 18.5 Å². The highest BCUT2D eigenvalue weighted by atomic mass is 32.2. The van der Waals surface area contributed by atoms with Crippen LogP contribution in [-0.4, -0.2) is 35.3 Å². The molecule has 0 unspecified atom stereocenters. The first-order valence-corrected chi connectivity index (χ1v) is 10.0. The number of benzene rings is 1. The van der Waals surface area contributed by atoms with Crippen molar-refractivity contribution in [2.45, 2.75) is 31.7 Å². The SMILES string of the molecule is Cc1nc2c(cnn2C(C)C)cc1C(=O)Nc1ccc(S(C)(=O)=O)cc1. The highest BCUT2D eigenvalue weighted by Crippen LogP contribution is 2.21. The van der Waals surface area contributed by atoms with Gasteiger partial charge in [0.15, 0.2) is 15.5 Å². The van der Waals surface area contributed by atoms with Gasteiger partial charge in [0.25, 0.3) is 5.91 Å². The van der Waals surface area contributed by atoms with Crippen LogP contribution in [0.5, 0.6) is 0 Å². The molecule has 0 saturated heterocycles. The molecule has 0 aliphatic heterocycles. The average molecular weight is 372 g/mol. The maximum absolute atomic E-state index is 12.6. The number of hydrogen-bond acceptors (Lipinski definition) is 5. The quantitative estimate of drug-likeness (QED) is 0.760. The molecule has 3 aromatic rings. The topological polar surface area (TPSA) is 93.9 Å². The molecule has 0 saturated carbocycles. The van der Waals surface area contributed by atoms with Gasteiger partial charge in [0.05, 0.1) is 22.3 Å². The van der Waals surface area contributed by atoms with E-state index in [9.17, 15) is 13.2 Å². The van der Waals surface area contributed by atoms with Gasteiger partial charge in [-0.1, -0.05) is 0 Å². The van der Waals surface area contributed by atoms with Crippen LogP contribution >= 0.6 is 0 Å². The summed E-state index contributed by atoms with van der Waals surface area (Å²) in [6, 6.07) is 7.99. The first-order valence-electron chi connectivity index (χ1n) is 8.13. The Bertz CT molecular complexity index is 1080. The molecule has 2 heterocycles. The van der Waals surface area contributed by atoms with Gasteiger partial charge in [-0.15, -0.1) is 0 Å². The van der Waals surface area contributed by atoms with Gasteiger partial charge < -0.3 is 5.32 Å². The molecule has 0 aliphatic carbocycles. The third-order valence-electron chi connectivity index (χ3n) is 4.03. The maximum atomic E-state index is 12.6. The fourth-order valence-electron chi connectivity index (χ4n) is 2.66. The van der Waals surface area contributed by atoms with Gasteiger partial charge >= 0.3 is 0 Å². The summed E-state index contributed by atoms with van der Waals surface area (Å²) in [6.45, 7) is 5.81. The molecule has 0 bridgehead atoms. The Balaban J connectivity index is 1.89. The highest BCUT2D eigenvalue weighted by molar-refractivity contribution is 7.90. The number of anilines is 1. The van der Waals surface area contributed by atoms with E-state index >= 15 is 0 Å². The van der Waals surface area contributed by atoms with Crippen LogP contribution in [0.4, 0.5) is 5.69 Å². The molecule has 0 aliphatic rings. The molecule has 0 radical (unpaired) electrons. The molecule has 1 N–H and O–H groups in total. The van der Waals surface area contributed by atoms with Gasteiger partial charge in [-0.2, -0.15) is 5.10 Å². The van der Waals surface area contributed by atoms with Crippen LogP contribution in [0.3, 0.4) is 0 Å². The molecule has 136 valence electrons. The highest BCUT2D eigenvalue weighted by Gasteiger charge is 2.16. The van der Waals surface area contributed by atoms with Crippen LogP contribution in [-0.2, 0) is 9.84 Å². The first-order chi connectivity index (χ1) is 12.2. The van der Waals surface area contributed by atoms with Crippen molar-refractivity contribution in [1.29, 1.82) is 0 Å². The number of hydrogen-bond donors (Lipinski definition) is 1. The zero-order valence-corrected chi connectivity index (χ0v) is 15.8. The Kier molecular flexibility index (Phi) is 4.53. The predicted molar refractivity (Wildman–Crippen MR) is 100 cm³/mol. The summed E-state index contributed by atoms with van der Waals surface area (Å²) in [7, 11) is -3.27. The van der Waals surface area contributed by atoms with Crippen molar-refractivity contribution < 1.29 is 13.2 Å². The summed E-state index contributed by atoms with van der Waals surface area (Å²) >= 11 is 0. The molecule has 7 nitrogen and oxygen atoms in total. The molecule has 0 atom stereocenters. The fourth-order valence-corrected chi connectivity index (χ4v) is 3.29. The van der Waals surface area contributed by atoms with Gasteiger partial charge in [0.1, 0.15) is 0 Å². The van der Waals surface area contributed by atoms with Crippen molar-refractivity contribution in [3.8, 4) is 0 Å². The molecule has 3 rings (SSSR count). The molecule has 1 amide bonds. The lowest BCUT2D eigenvalue weighted by atomic mass is 10.1. The maximum Gasteiger partial charge on any atom is 0.257 e. The van der Waals surface area contributed by atoms with Crippen molar-refractivity contribution in [2.75, 3.05) is 11.6 Å². The number of carbonyl (C=O) groups excluding carboxylic acids is 1. The van der Waals surface area contributed by atoms with Gasteiger partial charge in [0.2, 0.25) is 0 Å². The number of aromatic nitrogens is 3. The number of carbonyl (C=O) groups is 1. The fraction of sp³-hybridized carbons (Fsp3) is 0.278. The molecule has 0 fully saturated rings. The van der Waals surface area contributed by atoms with E-state index in [0.29, 0.717) is 16.9 Å². The Morgan fingerprint density at radius 3 is 2.42 bits per heavy atom. The molecule has 0 spiro atoms. The minimum atomic E-state index is -3.27. The first kappa shape index (κ1) is 18.1. The Morgan fingerprint density at radius 1 is 1.19 bits per heavy atom. The van der Waals surface area contributed by atoms with Crippen molar-refractivity contribution in [2.24, 2.45) is 0 Å². The van der Waals surface area contributed by atoms with Crippen LogP contribution in [0.15, 0.2) is 41.4 Å². The summed E-state index contributed by atoms with van der Waals surface area (Å²) in [5, 5.41) is 7.88. The van der Waals surface area contributed by atoms with Crippen LogP contribution in [0.2, 0.25) is 0 Å². The summed E-state index contributed by atoms with van der Waals surface area (Å²) in [4.78, 5) is 17.3. The van der Waals surface area contributed by atoms with Gasteiger partial charge in [-0.25, -0.2) is 18.1 Å². The minimum absolute atomic E-state index is 0.174. The van der Waals surface area contributed by atoms with Gasteiger partial charge in [-0.3, -0.25) is 4.79 Å². The van der Waals surface area contributed by atoms with E-state index in [2.05, 4.69) is 15.4 Å². The molecule has 26 heavy (non-hydrogen) atoms. The van der Waals surface area contributed by atoms with E-state index in [-0.39, 0.29) is 16.8 Å². The molecular weight excluding hydrogens is 352 g/mol. The van der Waals surface area contributed by atoms with E-state index in [4.69, 9.17) is 0 Å². The predicted octanol–water partition coefficient (Wildman–Crippen LogP) is 2.98. The lowest BCUT2D eigenvalue weighted by molar-refractivity contribution is 0.102. The van der Waals surface area contributed by atoms with E-state index in [1.165, 1.54) is 12.1 Å². The molecule has 8 heteroatoms. The Morgan fingerprint density at radius 2 is 1.85 bits per heavy atom. The summed E-state index contributed by atoms with van der Waals surface area (Å²) in [5.74, 6) is -0.304. The number of aryl methyl sites for hydroxylation is 1. The Labute approximate surface area is 152 Å². The van der Waals surface area contributed by atoms with Crippen LogP contribution in [0.25, 0.3) is 11.0 Å². The second-order valence-corrected chi connectivity index (χ2v) is 8.48. The second kappa shape index (κ2) is 6.53. The standard InChI is InChI=1S/C18H20N4O3S/c1-11(2)22-17-13(10-19-22)9-16(12(3)20-17)18(23)21-14-5-7-15(8-6-14)26(4,24)25/h5-11H,1-4H3,(H,21,23). The van der Waals surface area contributed by atoms with Crippen molar-refractivity contribution in [1.82, 2.24) is 14.8 Å². The van der Waals surface area contributed by atoms with Gasteiger partial charge in [0, 0.05) is 23.4 Å². The van der Waals surface area contributed by atoms with Crippen LogP contribution < -0.4 is 5.32 Å². The van der Waals surface area contributed by atoms with Crippen LogP contribution in [0, 0.1) is 6.92 Å². The number of amides is 1. The second-order valence-electron chi connectivity index (χ2n) is 6.47. The smallest absolute Gasteiger partial charge is 0.257 e. The number of sulfone groups is 1. The van der Waals surface area contributed by atoms with Crippen molar-refractivity contribution in [3.05, 3.63) is 47.8 Å². The van der Waals surface area contributed by atoms with E-state index < -0.39 is 9.84 Å². The third kappa shape index (κ3) is 3.45. The van der Waals surface area contributed by atoms with Crippen molar-refractivity contribution >= 4 is 32.5 Å². The van der Waals surface area contributed by atoms with E-state index in [0.717, 1.165) is 17.3 Å². The largest absolute Gasteiger partial charge is 0.322 e. The summed E-state index contributed by atoms with van der Waals surface area (Å²) in [6.07, 6.45) is 2.83. The van der Waals surface area contributed by atoms with Gasteiger partial charge in [-0.05, 0) is 51.1 Å². The third-order valence-corrected chi connectivity index (χ3v) is 5.16. The minimum Gasteiger partial charge on any atom is -0.322 e. The zero-order chi connectivity index (χ0) is 19.1. The lowest BCUT2D eigenvalue weighted by Crippen LogP contribution is -2.14. The molecule has 2 aromatic heterocycles. The molecular formula is C18H20N4O3S. The number of fused-ring (bicyclic) bond motifs is 1. The number of nitrogens with zero attached hydrogens (tertiary/aromatic N) is 3. The summed E-state index contributed by atoms with van der Waals surface area (Å²) in [5.41, 5.74) is 2.31. The monoisotopic (exact) mass is 372 g/mol. The van der Waals surface area contributed by atoms with E-state index in [1.54, 1.807) is 31.3 Å².